The molecule has 62 valence electrons. The van der Waals surface area contributed by atoms with Crippen molar-refractivity contribution < 1.29 is 0 Å². The summed E-state index contributed by atoms with van der Waals surface area (Å²) in [6.07, 6.45) is 0. The predicted molar refractivity (Wildman–Crippen MR) is 53.2 cm³/mol. The van der Waals surface area contributed by atoms with E-state index in [4.69, 9.17) is 16.9 Å². The number of halogens is 2. The van der Waals surface area contributed by atoms with Crippen LogP contribution in [0.3, 0.4) is 0 Å². The Hall–Kier alpha value is -0.520. The highest BCUT2D eigenvalue weighted by Gasteiger charge is 2.08. The highest BCUT2D eigenvalue weighted by Crippen LogP contribution is 2.26. The van der Waals surface area contributed by atoms with E-state index in [-0.39, 0.29) is 5.92 Å². The van der Waals surface area contributed by atoms with E-state index >= 15 is 0 Å². The average molecular weight is 245 g/mol. The van der Waals surface area contributed by atoms with Crippen LogP contribution in [-0.2, 0) is 0 Å². The standard InChI is InChI=1S/C9H7BrClN/c1-6(5-12)8-4-7(10)2-3-9(8)11/h2-4,6H,1H3. The summed E-state index contributed by atoms with van der Waals surface area (Å²) in [6.45, 7) is 1.83. The molecule has 0 saturated carbocycles. The van der Waals surface area contributed by atoms with Crippen molar-refractivity contribution in [2.75, 3.05) is 0 Å². The van der Waals surface area contributed by atoms with Crippen molar-refractivity contribution in [2.45, 2.75) is 12.8 Å². The van der Waals surface area contributed by atoms with E-state index in [0.29, 0.717) is 5.02 Å². The van der Waals surface area contributed by atoms with Crippen LogP contribution in [0.25, 0.3) is 0 Å². The minimum Gasteiger partial charge on any atom is -0.198 e. The van der Waals surface area contributed by atoms with Gasteiger partial charge in [-0.15, -0.1) is 0 Å². The first-order valence-corrected chi connectivity index (χ1v) is 4.67. The average Bonchev–Trinajstić information content (AvgIpc) is 2.08. The molecule has 0 spiro atoms. The molecule has 0 heterocycles. The number of rotatable bonds is 1. The van der Waals surface area contributed by atoms with Crippen LogP contribution in [0.4, 0.5) is 0 Å². The summed E-state index contributed by atoms with van der Waals surface area (Å²) in [4.78, 5) is 0. The smallest absolute Gasteiger partial charge is 0.0701 e. The topological polar surface area (TPSA) is 23.8 Å². The summed E-state index contributed by atoms with van der Waals surface area (Å²) in [5.74, 6) is -0.157. The van der Waals surface area contributed by atoms with Crippen molar-refractivity contribution in [3.63, 3.8) is 0 Å². The van der Waals surface area contributed by atoms with E-state index in [2.05, 4.69) is 22.0 Å². The molecule has 0 aliphatic heterocycles. The summed E-state index contributed by atoms with van der Waals surface area (Å²) in [6, 6.07) is 7.66. The number of nitriles is 1. The van der Waals surface area contributed by atoms with Gasteiger partial charge in [0.25, 0.3) is 0 Å². The second-order valence-electron chi connectivity index (χ2n) is 2.52. The van der Waals surface area contributed by atoms with Crippen LogP contribution in [-0.4, -0.2) is 0 Å². The second kappa shape index (κ2) is 3.93. The Morgan fingerprint density at radius 3 is 2.83 bits per heavy atom. The molecule has 0 saturated heterocycles. The van der Waals surface area contributed by atoms with E-state index < -0.39 is 0 Å². The van der Waals surface area contributed by atoms with Crippen molar-refractivity contribution in [3.05, 3.63) is 33.3 Å². The third-order valence-corrected chi connectivity index (χ3v) is 2.46. The van der Waals surface area contributed by atoms with Crippen molar-refractivity contribution in [3.8, 4) is 6.07 Å². The zero-order valence-corrected chi connectivity index (χ0v) is 8.85. The Balaban J connectivity index is 3.15. The van der Waals surface area contributed by atoms with Crippen molar-refractivity contribution >= 4 is 27.5 Å². The fourth-order valence-corrected chi connectivity index (χ4v) is 1.58. The van der Waals surface area contributed by atoms with Crippen LogP contribution >= 0.6 is 27.5 Å². The Labute approximate surface area is 85.1 Å². The maximum absolute atomic E-state index is 8.68. The molecule has 1 atom stereocenters. The van der Waals surface area contributed by atoms with Crippen LogP contribution in [0.5, 0.6) is 0 Å². The molecule has 1 aromatic carbocycles. The zero-order valence-electron chi connectivity index (χ0n) is 6.51. The van der Waals surface area contributed by atoms with Gasteiger partial charge in [0, 0.05) is 9.50 Å². The first-order chi connectivity index (χ1) is 5.65. The number of nitrogens with zero attached hydrogens (tertiary/aromatic N) is 1. The molecule has 0 bridgehead atoms. The van der Waals surface area contributed by atoms with Gasteiger partial charge in [0.05, 0.1) is 12.0 Å². The highest BCUT2D eigenvalue weighted by atomic mass is 79.9. The molecule has 1 rings (SSSR count). The van der Waals surface area contributed by atoms with Gasteiger partial charge in [-0.05, 0) is 30.7 Å². The molecule has 3 heteroatoms. The molecule has 0 radical (unpaired) electrons. The van der Waals surface area contributed by atoms with E-state index in [9.17, 15) is 0 Å². The van der Waals surface area contributed by atoms with Crippen molar-refractivity contribution in [1.29, 1.82) is 5.26 Å². The molecule has 0 fully saturated rings. The minimum atomic E-state index is -0.157. The van der Waals surface area contributed by atoms with Crippen LogP contribution < -0.4 is 0 Å². The van der Waals surface area contributed by atoms with Gasteiger partial charge in [-0.25, -0.2) is 0 Å². The van der Waals surface area contributed by atoms with Crippen LogP contribution in [0.2, 0.25) is 5.02 Å². The van der Waals surface area contributed by atoms with Crippen LogP contribution in [0, 0.1) is 11.3 Å². The van der Waals surface area contributed by atoms with Gasteiger partial charge in [0.1, 0.15) is 0 Å². The molecule has 1 aromatic rings. The molecule has 1 unspecified atom stereocenters. The van der Waals surface area contributed by atoms with Gasteiger partial charge in [-0.1, -0.05) is 27.5 Å². The van der Waals surface area contributed by atoms with E-state index in [1.807, 2.05) is 19.1 Å². The minimum absolute atomic E-state index is 0.157. The molecule has 0 aliphatic rings. The largest absolute Gasteiger partial charge is 0.198 e. The monoisotopic (exact) mass is 243 g/mol. The summed E-state index contributed by atoms with van der Waals surface area (Å²) in [5.41, 5.74) is 0.869. The molecule has 1 nitrogen and oxygen atoms in total. The third kappa shape index (κ3) is 2.00. The first kappa shape index (κ1) is 9.57. The van der Waals surface area contributed by atoms with Crippen LogP contribution in [0.15, 0.2) is 22.7 Å². The van der Waals surface area contributed by atoms with Gasteiger partial charge in [0.2, 0.25) is 0 Å². The zero-order chi connectivity index (χ0) is 9.14. The Morgan fingerprint density at radius 2 is 2.25 bits per heavy atom. The van der Waals surface area contributed by atoms with Crippen molar-refractivity contribution in [1.82, 2.24) is 0 Å². The van der Waals surface area contributed by atoms with Gasteiger partial charge in [0.15, 0.2) is 0 Å². The number of hydrogen-bond donors (Lipinski definition) is 0. The lowest BCUT2D eigenvalue weighted by Gasteiger charge is -2.05. The Morgan fingerprint density at radius 1 is 1.58 bits per heavy atom. The molecule has 0 aromatic heterocycles. The quantitative estimate of drug-likeness (QED) is 0.738. The third-order valence-electron chi connectivity index (χ3n) is 1.62. The lowest BCUT2D eigenvalue weighted by atomic mass is 10.0. The first-order valence-electron chi connectivity index (χ1n) is 3.49. The lowest BCUT2D eigenvalue weighted by Crippen LogP contribution is -1.90. The van der Waals surface area contributed by atoms with Gasteiger partial charge >= 0.3 is 0 Å². The van der Waals surface area contributed by atoms with Gasteiger partial charge in [-0.2, -0.15) is 5.26 Å². The van der Waals surface area contributed by atoms with E-state index in [1.165, 1.54) is 0 Å². The van der Waals surface area contributed by atoms with Crippen LogP contribution in [0.1, 0.15) is 18.4 Å². The Kier molecular flexibility index (Phi) is 3.13. The fraction of sp³-hybridized carbons (Fsp3) is 0.222. The van der Waals surface area contributed by atoms with E-state index in [0.717, 1.165) is 10.0 Å². The molecule has 0 amide bonds. The lowest BCUT2D eigenvalue weighted by molar-refractivity contribution is 0.980. The Bertz CT molecular complexity index is 330. The molecule has 0 aliphatic carbocycles. The van der Waals surface area contributed by atoms with Gasteiger partial charge in [-0.3, -0.25) is 0 Å². The highest BCUT2D eigenvalue weighted by molar-refractivity contribution is 9.10. The SMILES string of the molecule is CC(C#N)c1cc(Br)ccc1Cl. The number of hydrogen-bond acceptors (Lipinski definition) is 1. The summed E-state index contributed by atoms with van der Waals surface area (Å²) < 4.78 is 0.948. The maximum atomic E-state index is 8.68. The van der Waals surface area contributed by atoms with Gasteiger partial charge < -0.3 is 0 Å². The molecular weight excluding hydrogens is 237 g/mol. The molecule has 0 N–H and O–H groups in total. The fourth-order valence-electron chi connectivity index (χ4n) is 0.916. The normalized spacial score (nSPS) is 12.2. The summed E-state index contributed by atoms with van der Waals surface area (Å²) in [7, 11) is 0. The number of benzene rings is 1. The van der Waals surface area contributed by atoms with E-state index in [1.54, 1.807) is 6.07 Å². The predicted octanol–water partition coefficient (Wildman–Crippen LogP) is 3.73. The summed E-state index contributed by atoms with van der Waals surface area (Å²) >= 11 is 9.22. The van der Waals surface area contributed by atoms with Crippen molar-refractivity contribution in [2.24, 2.45) is 0 Å². The summed E-state index contributed by atoms with van der Waals surface area (Å²) in [5, 5.41) is 9.33. The maximum Gasteiger partial charge on any atom is 0.0701 e. The molecule has 12 heavy (non-hydrogen) atoms. The molecular formula is C9H7BrClN. The second-order valence-corrected chi connectivity index (χ2v) is 3.84.